The number of sulfonamides is 1. The summed E-state index contributed by atoms with van der Waals surface area (Å²) in [4.78, 5) is 0.395. The Morgan fingerprint density at radius 3 is 2.22 bits per heavy atom. The monoisotopic (exact) mass is 289 g/mol. The van der Waals surface area contributed by atoms with Crippen molar-refractivity contribution in [3.8, 4) is 0 Å². The van der Waals surface area contributed by atoms with Crippen molar-refractivity contribution in [1.82, 2.24) is 4.31 Å². The zero-order valence-corrected chi connectivity index (χ0v) is 12.7. The molecule has 1 aromatic carbocycles. The van der Waals surface area contributed by atoms with Crippen LogP contribution in [0.1, 0.15) is 31.9 Å². The molecule has 0 spiro atoms. The topological polar surface area (TPSA) is 37.4 Å². The lowest BCUT2D eigenvalue weighted by atomic mass is 10.1. The van der Waals surface area contributed by atoms with Gasteiger partial charge in [-0.1, -0.05) is 32.9 Å². The van der Waals surface area contributed by atoms with Crippen LogP contribution in [0.3, 0.4) is 0 Å². The smallest absolute Gasteiger partial charge is 0.207 e. The lowest BCUT2D eigenvalue weighted by Gasteiger charge is -2.20. The normalized spacial score (nSPS) is 12.1. The minimum atomic E-state index is -3.40. The van der Waals surface area contributed by atoms with Gasteiger partial charge in [0, 0.05) is 19.0 Å². The van der Waals surface area contributed by atoms with Crippen molar-refractivity contribution >= 4 is 21.6 Å². The predicted octanol–water partition coefficient (Wildman–Crippen LogP) is 3.02. The summed E-state index contributed by atoms with van der Waals surface area (Å²) in [5.74, 6) is 0.324. The number of hydrogen-bond donors (Lipinski definition) is 0. The molecular weight excluding hydrogens is 270 g/mol. The maximum atomic E-state index is 12.5. The molecule has 0 aromatic heterocycles. The number of nitrogens with zero attached hydrogens (tertiary/aromatic N) is 1. The van der Waals surface area contributed by atoms with E-state index in [-0.39, 0.29) is 0 Å². The highest BCUT2D eigenvalue weighted by atomic mass is 35.5. The van der Waals surface area contributed by atoms with Gasteiger partial charge in [-0.05, 0) is 23.6 Å². The molecule has 1 rings (SSSR count). The third-order valence-corrected chi connectivity index (χ3v) is 5.43. The molecule has 0 heterocycles. The third kappa shape index (κ3) is 3.05. The lowest BCUT2D eigenvalue weighted by Crippen LogP contribution is -2.31. The van der Waals surface area contributed by atoms with Gasteiger partial charge in [0.1, 0.15) is 0 Å². The second kappa shape index (κ2) is 6.55. The molecule has 0 fully saturated rings. The van der Waals surface area contributed by atoms with Crippen molar-refractivity contribution in [2.45, 2.75) is 38.0 Å². The fourth-order valence-corrected chi connectivity index (χ4v) is 3.89. The molecule has 0 N–H and O–H groups in total. The summed E-state index contributed by atoms with van der Waals surface area (Å²) in [5, 5.41) is 0. The molecule has 0 unspecified atom stereocenters. The second-order valence-electron chi connectivity index (χ2n) is 4.02. The van der Waals surface area contributed by atoms with E-state index in [0.29, 0.717) is 30.3 Å². The van der Waals surface area contributed by atoms with Crippen LogP contribution < -0.4 is 0 Å². The fourth-order valence-electron chi connectivity index (χ4n) is 1.92. The van der Waals surface area contributed by atoms with E-state index in [4.69, 9.17) is 11.6 Å². The van der Waals surface area contributed by atoms with E-state index in [1.54, 1.807) is 6.07 Å². The summed E-state index contributed by atoms with van der Waals surface area (Å²) in [6.45, 7) is 6.60. The standard InChI is InChI=1S/C13H20ClNO2S/c1-4-12-8-7-11(10-14)9-13(12)18(16,17)15(5-2)6-3/h7-9H,4-6,10H2,1-3H3. The van der Waals surface area contributed by atoms with E-state index in [1.807, 2.05) is 32.9 Å². The second-order valence-corrected chi connectivity index (χ2v) is 6.19. The first-order valence-corrected chi connectivity index (χ1v) is 8.16. The van der Waals surface area contributed by atoms with Crippen LogP contribution in [0.5, 0.6) is 0 Å². The molecule has 0 saturated heterocycles. The first kappa shape index (κ1) is 15.5. The Kier molecular flexibility index (Phi) is 5.63. The van der Waals surface area contributed by atoms with Crippen LogP contribution in [-0.2, 0) is 22.3 Å². The van der Waals surface area contributed by atoms with Gasteiger partial charge in [0.2, 0.25) is 10.0 Å². The molecule has 0 saturated carbocycles. The molecule has 3 nitrogen and oxygen atoms in total. The van der Waals surface area contributed by atoms with Gasteiger partial charge in [0.05, 0.1) is 4.90 Å². The highest BCUT2D eigenvalue weighted by Gasteiger charge is 2.24. The minimum absolute atomic E-state index is 0.324. The van der Waals surface area contributed by atoms with E-state index in [9.17, 15) is 8.42 Å². The van der Waals surface area contributed by atoms with Crippen molar-refractivity contribution in [2.75, 3.05) is 13.1 Å². The highest BCUT2D eigenvalue weighted by Crippen LogP contribution is 2.23. The van der Waals surface area contributed by atoms with Crippen molar-refractivity contribution in [3.63, 3.8) is 0 Å². The molecule has 0 amide bonds. The van der Waals surface area contributed by atoms with E-state index >= 15 is 0 Å². The molecule has 102 valence electrons. The molecule has 5 heteroatoms. The number of halogens is 1. The quantitative estimate of drug-likeness (QED) is 0.755. The van der Waals surface area contributed by atoms with Crippen LogP contribution >= 0.6 is 11.6 Å². The Labute approximate surface area is 115 Å². The van der Waals surface area contributed by atoms with Crippen LogP contribution in [0.15, 0.2) is 23.1 Å². The van der Waals surface area contributed by atoms with Gasteiger partial charge < -0.3 is 0 Å². The Balaban J connectivity index is 3.37. The van der Waals surface area contributed by atoms with Gasteiger partial charge in [0.15, 0.2) is 0 Å². The van der Waals surface area contributed by atoms with Gasteiger partial charge in [-0.3, -0.25) is 0 Å². The Morgan fingerprint density at radius 1 is 1.17 bits per heavy atom. The first-order valence-electron chi connectivity index (χ1n) is 6.19. The summed E-state index contributed by atoms with van der Waals surface area (Å²) in [5.41, 5.74) is 1.68. The van der Waals surface area contributed by atoms with Crippen molar-refractivity contribution in [1.29, 1.82) is 0 Å². The zero-order valence-electron chi connectivity index (χ0n) is 11.1. The van der Waals surface area contributed by atoms with Crippen molar-refractivity contribution in [3.05, 3.63) is 29.3 Å². The third-order valence-electron chi connectivity index (χ3n) is 2.99. The van der Waals surface area contributed by atoms with Gasteiger partial charge in [-0.15, -0.1) is 11.6 Å². The Hall–Kier alpha value is -0.580. The number of aryl methyl sites for hydroxylation is 1. The summed E-state index contributed by atoms with van der Waals surface area (Å²) in [7, 11) is -3.40. The summed E-state index contributed by atoms with van der Waals surface area (Å²) in [6, 6.07) is 5.43. The van der Waals surface area contributed by atoms with E-state index in [1.165, 1.54) is 4.31 Å². The minimum Gasteiger partial charge on any atom is -0.207 e. The number of rotatable bonds is 6. The molecule has 0 aliphatic rings. The summed E-state index contributed by atoms with van der Waals surface area (Å²) >= 11 is 5.78. The van der Waals surface area contributed by atoms with Crippen LogP contribution in [0.2, 0.25) is 0 Å². The Bertz CT molecular complexity index is 496. The van der Waals surface area contributed by atoms with E-state index in [0.717, 1.165) is 11.1 Å². The van der Waals surface area contributed by atoms with Crippen molar-refractivity contribution in [2.24, 2.45) is 0 Å². The average Bonchev–Trinajstić information content (AvgIpc) is 2.39. The van der Waals surface area contributed by atoms with Gasteiger partial charge >= 0.3 is 0 Å². The fraction of sp³-hybridized carbons (Fsp3) is 0.538. The molecule has 0 radical (unpaired) electrons. The molecule has 1 aromatic rings. The van der Waals surface area contributed by atoms with Crippen LogP contribution in [0, 0.1) is 0 Å². The Morgan fingerprint density at radius 2 is 1.78 bits per heavy atom. The van der Waals surface area contributed by atoms with Crippen LogP contribution in [-0.4, -0.2) is 25.8 Å². The van der Waals surface area contributed by atoms with Crippen molar-refractivity contribution < 1.29 is 8.42 Å². The molecule has 0 bridgehead atoms. The van der Waals surface area contributed by atoms with Gasteiger partial charge in [0.25, 0.3) is 0 Å². The number of alkyl halides is 1. The SMILES string of the molecule is CCc1ccc(CCl)cc1S(=O)(=O)N(CC)CC. The first-order chi connectivity index (χ1) is 8.51. The molecule has 0 aliphatic carbocycles. The lowest BCUT2D eigenvalue weighted by molar-refractivity contribution is 0.444. The number of benzene rings is 1. The van der Waals surface area contributed by atoms with Gasteiger partial charge in [-0.2, -0.15) is 4.31 Å². The predicted molar refractivity (Wildman–Crippen MR) is 75.5 cm³/mol. The zero-order chi connectivity index (χ0) is 13.8. The largest absolute Gasteiger partial charge is 0.243 e. The van der Waals surface area contributed by atoms with E-state index < -0.39 is 10.0 Å². The average molecular weight is 290 g/mol. The highest BCUT2D eigenvalue weighted by molar-refractivity contribution is 7.89. The number of hydrogen-bond acceptors (Lipinski definition) is 2. The van der Waals surface area contributed by atoms with Crippen LogP contribution in [0.25, 0.3) is 0 Å². The maximum absolute atomic E-state index is 12.5. The molecular formula is C13H20ClNO2S. The summed E-state index contributed by atoms with van der Waals surface area (Å²) < 4.78 is 26.5. The van der Waals surface area contributed by atoms with E-state index in [2.05, 4.69) is 0 Å². The molecule has 18 heavy (non-hydrogen) atoms. The summed E-state index contributed by atoms with van der Waals surface area (Å²) in [6.07, 6.45) is 0.693. The maximum Gasteiger partial charge on any atom is 0.243 e. The molecule has 0 atom stereocenters. The molecule has 0 aliphatic heterocycles. The van der Waals surface area contributed by atoms with Crippen LogP contribution in [0.4, 0.5) is 0 Å². The van der Waals surface area contributed by atoms with Gasteiger partial charge in [-0.25, -0.2) is 8.42 Å².